The van der Waals surface area contributed by atoms with Gasteiger partial charge >= 0.3 is 5.97 Å². The van der Waals surface area contributed by atoms with E-state index in [4.69, 9.17) is 4.74 Å². The number of likely N-dealkylation sites (tertiary alicyclic amines) is 2. The fraction of sp³-hybridized carbons (Fsp3) is 0.571. The first-order valence-electron chi connectivity index (χ1n) is 10.4. The maximum atomic E-state index is 12.8. The Balaban J connectivity index is 1.48. The van der Waals surface area contributed by atoms with E-state index >= 15 is 0 Å². The van der Waals surface area contributed by atoms with Gasteiger partial charge in [0.15, 0.2) is 0 Å². The van der Waals surface area contributed by atoms with Gasteiger partial charge in [0.05, 0.1) is 17.4 Å². The van der Waals surface area contributed by atoms with E-state index in [0.29, 0.717) is 64.0 Å². The smallest absolute Gasteiger partial charge is 0.309 e. The molecule has 0 bridgehead atoms. The molecule has 0 unspecified atom stereocenters. The van der Waals surface area contributed by atoms with Gasteiger partial charge < -0.3 is 14.5 Å². The minimum Gasteiger partial charge on any atom is -0.466 e. The van der Waals surface area contributed by atoms with Gasteiger partial charge in [-0.1, -0.05) is 0 Å². The van der Waals surface area contributed by atoms with E-state index in [1.54, 1.807) is 11.8 Å². The number of esters is 1. The summed E-state index contributed by atoms with van der Waals surface area (Å²) in [5.74, 6) is -0.506. The molecular formula is C21H27N3O6. The lowest BCUT2D eigenvalue weighted by Crippen LogP contribution is -2.47. The third-order valence-electron chi connectivity index (χ3n) is 5.88. The molecule has 0 aliphatic carbocycles. The quantitative estimate of drug-likeness (QED) is 0.413. The van der Waals surface area contributed by atoms with Gasteiger partial charge in [0, 0.05) is 49.8 Å². The summed E-state index contributed by atoms with van der Waals surface area (Å²) in [6.45, 7) is 4.23. The zero-order valence-electron chi connectivity index (χ0n) is 17.1. The molecule has 162 valence electrons. The Bertz CT molecular complexity index is 793. The van der Waals surface area contributed by atoms with Crippen molar-refractivity contribution in [3.05, 3.63) is 39.9 Å². The second-order valence-corrected chi connectivity index (χ2v) is 7.72. The SMILES string of the molecule is CCOC(=O)C1CCN(C(=O)C2CCN(C(=O)c3ccc([N+](=O)[O-])cc3)CC2)CC1. The normalized spacial score (nSPS) is 18.2. The molecule has 2 heterocycles. The number of non-ortho nitro benzene ring substituents is 1. The Kier molecular flexibility index (Phi) is 7.02. The minimum atomic E-state index is -0.499. The summed E-state index contributed by atoms with van der Waals surface area (Å²) in [5.41, 5.74) is 0.356. The second kappa shape index (κ2) is 9.69. The molecular weight excluding hydrogens is 390 g/mol. The summed E-state index contributed by atoms with van der Waals surface area (Å²) in [5, 5.41) is 10.7. The molecule has 2 fully saturated rings. The predicted octanol–water partition coefficient (Wildman–Crippen LogP) is 2.25. The maximum absolute atomic E-state index is 12.8. The van der Waals surface area contributed by atoms with Crippen LogP contribution >= 0.6 is 0 Å². The van der Waals surface area contributed by atoms with Crippen molar-refractivity contribution in [3.63, 3.8) is 0 Å². The lowest BCUT2D eigenvalue weighted by Gasteiger charge is -2.36. The lowest BCUT2D eigenvalue weighted by atomic mass is 9.92. The molecule has 0 saturated carbocycles. The van der Waals surface area contributed by atoms with E-state index in [-0.39, 0.29) is 35.3 Å². The van der Waals surface area contributed by atoms with Crippen molar-refractivity contribution in [3.8, 4) is 0 Å². The van der Waals surface area contributed by atoms with E-state index < -0.39 is 4.92 Å². The van der Waals surface area contributed by atoms with Crippen molar-refractivity contribution in [2.24, 2.45) is 11.8 Å². The number of nitro groups is 1. The highest BCUT2D eigenvalue weighted by atomic mass is 16.6. The number of hydrogen-bond acceptors (Lipinski definition) is 6. The summed E-state index contributed by atoms with van der Waals surface area (Å²) in [4.78, 5) is 51.1. The van der Waals surface area contributed by atoms with Gasteiger partial charge in [0.25, 0.3) is 11.6 Å². The first kappa shape index (κ1) is 21.7. The van der Waals surface area contributed by atoms with Crippen LogP contribution in [0.3, 0.4) is 0 Å². The molecule has 0 N–H and O–H groups in total. The lowest BCUT2D eigenvalue weighted by molar-refractivity contribution is -0.384. The summed E-state index contributed by atoms with van der Waals surface area (Å²) < 4.78 is 5.07. The number of nitrogens with zero attached hydrogens (tertiary/aromatic N) is 3. The Morgan fingerprint density at radius 1 is 0.967 bits per heavy atom. The molecule has 2 aliphatic heterocycles. The first-order valence-corrected chi connectivity index (χ1v) is 10.4. The first-order chi connectivity index (χ1) is 14.4. The predicted molar refractivity (Wildman–Crippen MR) is 108 cm³/mol. The molecule has 0 aromatic heterocycles. The summed E-state index contributed by atoms with van der Waals surface area (Å²) in [6, 6.07) is 5.57. The van der Waals surface area contributed by atoms with Gasteiger partial charge in [-0.15, -0.1) is 0 Å². The zero-order valence-corrected chi connectivity index (χ0v) is 17.1. The molecule has 1 aromatic carbocycles. The van der Waals surface area contributed by atoms with Crippen LogP contribution in [0.15, 0.2) is 24.3 Å². The van der Waals surface area contributed by atoms with E-state index in [9.17, 15) is 24.5 Å². The fourth-order valence-electron chi connectivity index (χ4n) is 4.09. The highest BCUT2D eigenvalue weighted by Crippen LogP contribution is 2.25. The fourth-order valence-corrected chi connectivity index (χ4v) is 4.09. The number of ether oxygens (including phenoxy) is 1. The van der Waals surface area contributed by atoms with Crippen LogP contribution < -0.4 is 0 Å². The summed E-state index contributed by atoms with van der Waals surface area (Å²) in [6.07, 6.45) is 2.44. The van der Waals surface area contributed by atoms with E-state index in [1.165, 1.54) is 24.3 Å². The number of carbonyl (C=O) groups excluding carboxylic acids is 3. The number of nitro benzene ring substituents is 1. The highest BCUT2D eigenvalue weighted by molar-refractivity contribution is 5.94. The number of hydrogen-bond donors (Lipinski definition) is 0. The van der Waals surface area contributed by atoms with Crippen molar-refractivity contribution < 1.29 is 24.0 Å². The zero-order chi connectivity index (χ0) is 21.7. The Morgan fingerprint density at radius 3 is 2.03 bits per heavy atom. The average Bonchev–Trinajstić information content (AvgIpc) is 2.78. The molecule has 2 saturated heterocycles. The van der Waals surface area contributed by atoms with Crippen LogP contribution in [0.4, 0.5) is 5.69 Å². The Labute approximate surface area is 175 Å². The van der Waals surface area contributed by atoms with Crippen molar-refractivity contribution in [1.82, 2.24) is 9.80 Å². The van der Waals surface area contributed by atoms with E-state index in [1.807, 2.05) is 4.90 Å². The summed E-state index contributed by atoms with van der Waals surface area (Å²) >= 11 is 0. The average molecular weight is 417 g/mol. The third-order valence-corrected chi connectivity index (χ3v) is 5.88. The monoisotopic (exact) mass is 417 g/mol. The standard InChI is InChI=1S/C21H27N3O6/c1-2-30-21(27)17-9-13-23(14-10-17)20(26)16-7-11-22(12-8-16)19(25)15-3-5-18(6-4-15)24(28)29/h3-6,16-17H,2,7-14H2,1H3. The second-order valence-electron chi connectivity index (χ2n) is 7.72. The van der Waals surface area contributed by atoms with E-state index in [0.717, 1.165) is 0 Å². The number of benzene rings is 1. The number of amides is 2. The van der Waals surface area contributed by atoms with Gasteiger partial charge in [-0.3, -0.25) is 24.5 Å². The molecule has 1 aromatic rings. The molecule has 2 aliphatic rings. The van der Waals surface area contributed by atoms with Gasteiger partial charge in [-0.2, -0.15) is 0 Å². The molecule has 30 heavy (non-hydrogen) atoms. The van der Waals surface area contributed by atoms with Crippen molar-refractivity contribution >= 4 is 23.5 Å². The van der Waals surface area contributed by atoms with Crippen LogP contribution in [0, 0.1) is 22.0 Å². The third kappa shape index (κ3) is 4.95. The van der Waals surface area contributed by atoms with Crippen LogP contribution in [0.25, 0.3) is 0 Å². The van der Waals surface area contributed by atoms with Crippen LogP contribution in [0.2, 0.25) is 0 Å². The van der Waals surface area contributed by atoms with Crippen molar-refractivity contribution in [1.29, 1.82) is 0 Å². The topological polar surface area (TPSA) is 110 Å². The van der Waals surface area contributed by atoms with Crippen LogP contribution in [-0.2, 0) is 14.3 Å². The van der Waals surface area contributed by atoms with Crippen LogP contribution in [-0.4, -0.2) is 65.3 Å². The van der Waals surface area contributed by atoms with Gasteiger partial charge in [0.2, 0.25) is 5.91 Å². The number of piperidine rings is 2. The minimum absolute atomic E-state index is 0.0532. The molecule has 3 rings (SSSR count). The van der Waals surface area contributed by atoms with E-state index in [2.05, 4.69) is 0 Å². The Hall–Kier alpha value is -2.97. The molecule has 0 spiro atoms. The largest absolute Gasteiger partial charge is 0.466 e. The van der Waals surface area contributed by atoms with Crippen LogP contribution in [0.5, 0.6) is 0 Å². The number of carbonyl (C=O) groups is 3. The highest BCUT2D eigenvalue weighted by Gasteiger charge is 2.34. The molecule has 0 radical (unpaired) electrons. The van der Waals surface area contributed by atoms with Crippen LogP contribution in [0.1, 0.15) is 43.0 Å². The molecule has 2 amide bonds. The summed E-state index contributed by atoms with van der Waals surface area (Å²) in [7, 11) is 0. The van der Waals surface area contributed by atoms with Gasteiger partial charge in [-0.25, -0.2) is 0 Å². The molecule has 9 nitrogen and oxygen atoms in total. The Morgan fingerprint density at radius 2 is 1.50 bits per heavy atom. The molecule has 9 heteroatoms. The maximum Gasteiger partial charge on any atom is 0.309 e. The number of rotatable bonds is 5. The van der Waals surface area contributed by atoms with Crippen molar-refractivity contribution in [2.75, 3.05) is 32.8 Å². The van der Waals surface area contributed by atoms with Crippen molar-refractivity contribution in [2.45, 2.75) is 32.6 Å². The van der Waals surface area contributed by atoms with Gasteiger partial charge in [0.1, 0.15) is 0 Å². The van der Waals surface area contributed by atoms with Gasteiger partial charge in [-0.05, 0) is 44.7 Å². The molecule has 0 atom stereocenters.